The molecule has 68 valence electrons. The maximum atomic E-state index is 7.16. The van der Waals surface area contributed by atoms with E-state index in [2.05, 4.69) is 4.98 Å². The highest BCUT2D eigenvalue weighted by Crippen LogP contribution is 2.16. The molecule has 0 saturated heterocycles. The van der Waals surface area contributed by atoms with Gasteiger partial charge in [0, 0.05) is 18.0 Å². The molecule has 14 heavy (non-hydrogen) atoms. The van der Waals surface area contributed by atoms with Crippen molar-refractivity contribution in [2.75, 3.05) is 0 Å². The number of pyridine rings is 1. The summed E-state index contributed by atoms with van der Waals surface area (Å²) in [5.74, 6) is 0. The summed E-state index contributed by atoms with van der Waals surface area (Å²) in [6.07, 6.45) is 3.11. The van der Waals surface area contributed by atoms with E-state index in [1.165, 1.54) is 6.21 Å². The van der Waals surface area contributed by atoms with Gasteiger partial charge in [0.25, 0.3) is 0 Å². The van der Waals surface area contributed by atoms with Crippen LogP contribution < -0.4 is 0 Å². The number of rotatable bonds is 2. The summed E-state index contributed by atoms with van der Waals surface area (Å²) in [6, 6.07) is 13.6. The molecule has 0 saturated carbocycles. The van der Waals surface area contributed by atoms with Gasteiger partial charge in [-0.2, -0.15) is 0 Å². The number of benzene rings is 1. The van der Waals surface area contributed by atoms with E-state index < -0.39 is 0 Å². The van der Waals surface area contributed by atoms with E-state index in [1.807, 2.05) is 42.5 Å². The Balaban J connectivity index is 2.47. The quantitative estimate of drug-likeness (QED) is 0.712. The third-order valence-corrected chi connectivity index (χ3v) is 2.01. The second-order valence-electron chi connectivity index (χ2n) is 2.98. The van der Waals surface area contributed by atoms with Gasteiger partial charge in [0.2, 0.25) is 0 Å². The normalized spacial score (nSPS) is 9.71. The number of aromatic nitrogens is 1. The Morgan fingerprint density at radius 1 is 1.07 bits per heavy atom. The van der Waals surface area contributed by atoms with Crippen LogP contribution in [-0.2, 0) is 0 Å². The summed E-state index contributed by atoms with van der Waals surface area (Å²) in [7, 11) is 0. The van der Waals surface area contributed by atoms with E-state index in [-0.39, 0.29) is 0 Å². The third kappa shape index (κ3) is 1.69. The first-order valence-electron chi connectivity index (χ1n) is 4.42. The first-order chi connectivity index (χ1) is 6.90. The number of hydrogen-bond donors (Lipinski definition) is 1. The summed E-state index contributed by atoms with van der Waals surface area (Å²) in [4.78, 5) is 4.25. The first-order valence-corrected chi connectivity index (χ1v) is 4.42. The van der Waals surface area contributed by atoms with E-state index in [0.29, 0.717) is 0 Å². The van der Waals surface area contributed by atoms with Crippen LogP contribution in [0.25, 0.3) is 11.3 Å². The van der Waals surface area contributed by atoms with Crippen molar-refractivity contribution in [3.63, 3.8) is 0 Å². The molecule has 0 radical (unpaired) electrons. The fourth-order valence-corrected chi connectivity index (χ4v) is 1.32. The Hall–Kier alpha value is -1.96. The van der Waals surface area contributed by atoms with E-state index in [0.717, 1.165) is 16.8 Å². The van der Waals surface area contributed by atoms with Crippen LogP contribution in [-0.4, -0.2) is 11.2 Å². The second kappa shape index (κ2) is 3.83. The van der Waals surface area contributed by atoms with Crippen molar-refractivity contribution < 1.29 is 0 Å². The van der Waals surface area contributed by atoms with Gasteiger partial charge in [-0.15, -0.1) is 0 Å². The molecule has 0 aliphatic carbocycles. The van der Waals surface area contributed by atoms with Gasteiger partial charge < -0.3 is 5.41 Å². The van der Waals surface area contributed by atoms with Gasteiger partial charge in [-0.05, 0) is 23.8 Å². The molecule has 0 unspecified atom stereocenters. The van der Waals surface area contributed by atoms with Crippen LogP contribution in [0.1, 0.15) is 5.56 Å². The molecule has 2 heteroatoms. The van der Waals surface area contributed by atoms with Crippen molar-refractivity contribution in [3.05, 3.63) is 54.2 Å². The van der Waals surface area contributed by atoms with Crippen LogP contribution in [0.5, 0.6) is 0 Å². The predicted molar refractivity (Wildman–Crippen MR) is 57.6 cm³/mol. The minimum Gasteiger partial charge on any atom is -0.308 e. The molecule has 0 atom stereocenters. The van der Waals surface area contributed by atoms with Crippen LogP contribution in [0.4, 0.5) is 0 Å². The lowest BCUT2D eigenvalue weighted by Crippen LogP contribution is -1.84. The molecule has 2 aromatic rings. The topological polar surface area (TPSA) is 36.7 Å². The Bertz CT molecular complexity index is 435. The second-order valence-corrected chi connectivity index (χ2v) is 2.98. The molecular weight excluding hydrogens is 172 g/mol. The summed E-state index contributed by atoms with van der Waals surface area (Å²) < 4.78 is 0. The molecule has 1 heterocycles. The number of nitrogens with zero attached hydrogens (tertiary/aromatic N) is 1. The van der Waals surface area contributed by atoms with Crippen molar-refractivity contribution >= 4 is 6.21 Å². The van der Waals surface area contributed by atoms with Gasteiger partial charge in [0.1, 0.15) is 0 Å². The van der Waals surface area contributed by atoms with E-state index in [4.69, 9.17) is 5.41 Å². The SMILES string of the molecule is N=Cc1cccc(-c2ccccn2)c1. The smallest absolute Gasteiger partial charge is 0.0702 e. The van der Waals surface area contributed by atoms with Gasteiger partial charge in [0.05, 0.1) is 5.69 Å². The lowest BCUT2D eigenvalue weighted by Gasteiger charge is -2.00. The van der Waals surface area contributed by atoms with Crippen LogP contribution in [0.2, 0.25) is 0 Å². The molecular formula is C12H10N2. The molecule has 2 rings (SSSR count). The highest BCUT2D eigenvalue weighted by Gasteiger charge is 1.97. The van der Waals surface area contributed by atoms with Crippen molar-refractivity contribution in [1.29, 1.82) is 5.41 Å². The zero-order valence-electron chi connectivity index (χ0n) is 7.64. The molecule has 0 fully saturated rings. The Kier molecular flexibility index (Phi) is 2.36. The van der Waals surface area contributed by atoms with Crippen molar-refractivity contribution in [3.8, 4) is 11.3 Å². The summed E-state index contributed by atoms with van der Waals surface area (Å²) in [5.41, 5.74) is 2.89. The minimum absolute atomic E-state index is 0.896. The van der Waals surface area contributed by atoms with E-state index >= 15 is 0 Å². The summed E-state index contributed by atoms with van der Waals surface area (Å²) in [5, 5.41) is 7.16. The Labute approximate surface area is 82.8 Å². The van der Waals surface area contributed by atoms with Crippen LogP contribution in [0, 0.1) is 5.41 Å². The molecule has 0 aliphatic rings. The molecule has 0 bridgehead atoms. The molecule has 1 aromatic carbocycles. The molecule has 2 nitrogen and oxygen atoms in total. The summed E-state index contributed by atoms with van der Waals surface area (Å²) >= 11 is 0. The van der Waals surface area contributed by atoms with Gasteiger partial charge in [0.15, 0.2) is 0 Å². The maximum absolute atomic E-state index is 7.16. The largest absolute Gasteiger partial charge is 0.308 e. The van der Waals surface area contributed by atoms with Gasteiger partial charge >= 0.3 is 0 Å². The molecule has 0 spiro atoms. The molecule has 0 aliphatic heterocycles. The fourth-order valence-electron chi connectivity index (χ4n) is 1.32. The Morgan fingerprint density at radius 3 is 2.71 bits per heavy atom. The van der Waals surface area contributed by atoms with Crippen molar-refractivity contribution in [2.24, 2.45) is 0 Å². The lowest BCUT2D eigenvalue weighted by molar-refractivity contribution is 1.32. The maximum Gasteiger partial charge on any atom is 0.0702 e. The van der Waals surface area contributed by atoms with Gasteiger partial charge in [-0.25, -0.2) is 0 Å². The fraction of sp³-hybridized carbons (Fsp3) is 0. The van der Waals surface area contributed by atoms with E-state index in [9.17, 15) is 0 Å². The van der Waals surface area contributed by atoms with Gasteiger partial charge in [-0.1, -0.05) is 24.3 Å². The molecule has 1 N–H and O–H groups in total. The highest BCUT2D eigenvalue weighted by atomic mass is 14.7. The zero-order valence-corrected chi connectivity index (χ0v) is 7.64. The summed E-state index contributed by atoms with van der Waals surface area (Å²) in [6.45, 7) is 0. The van der Waals surface area contributed by atoms with Crippen LogP contribution >= 0.6 is 0 Å². The highest BCUT2D eigenvalue weighted by molar-refractivity contribution is 5.79. The molecule has 0 amide bonds. The monoisotopic (exact) mass is 182 g/mol. The van der Waals surface area contributed by atoms with Crippen molar-refractivity contribution in [2.45, 2.75) is 0 Å². The lowest BCUT2D eigenvalue weighted by atomic mass is 10.1. The number of nitrogens with one attached hydrogen (secondary N) is 1. The van der Waals surface area contributed by atoms with E-state index in [1.54, 1.807) is 6.20 Å². The predicted octanol–water partition coefficient (Wildman–Crippen LogP) is 2.75. The van der Waals surface area contributed by atoms with Crippen LogP contribution in [0.15, 0.2) is 48.7 Å². The standard InChI is InChI=1S/C12H10N2/c13-9-10-4-3-5-11(8-10)12-6-1-2-7-14-12/h1-9,13H. The third-order valence-electron chi connectivity index (χ3n) is 2.01. The Morgan fingerprint density at radius 2 is 2.00 bits per heavy atom. The van der Waals surface area contributed by atoms with Crippen molar-refractivity contribution in [1.82, 2.24) is 4.98 Å². The average molecular weight is 182 g/mol. The minimum atomic E-state index is 0.896. The first kappa shape index (κ1) is 8.63. The average Bonchev–Trinajstić information content (AvgIpc) is 2.30. The van der Waals surface area contributed by atoms with Gasteiger partial charge in [-0.3, -0.25) is 4.98 Å². The number of hydrogen-bond acceptors (Lipinski definition) is 2. The zero-order chi connectivity index (χ0) is 9.80. The van der Waals surface area contributed by atoms with Crippen LogP contribution in [0.3, 0.4) is 0 Å². The molecule has 1 aromatic heterocycles.